The van der Waals surface area contributed by atoms with Crippen molar-refractivity contribution in [1.29, 1.82) is 0 Å². The number of benzene rings is 5. The van der Waals surface area contributed by atoms with Gasteiger partial charge in [-0.25, -0.2) is 8.42 Å². The zero-order chi connectivity index (χ0) is 32.0. The van der Waals surface area contributed by atoms with Gasteiger partial charge in [0.1, 0.15) is 5.75 Å². The molecule has 0 aliphatic carbocycles. The van der Waals surface area contributed by atoms with Gasteiger partial charge in [0, 0.05) is 22.4 Å². The SMILES string of the molecule is COc1ccc(S(=O)(=O)Nc2ccc(C(=O)Nc3ccccc3C(=O)Nc3ccc(C)cc3C(=O)c3ccccc3)cc2)cc1. The number of sulfonamides is 1. The van der Waals surface area contributed by atoms with Crippen molar-refractivity contribution in [1.82, 2.24) is 0 Å². The van der Waals surface area contributed by atoms with E-state index in [1.807, 2.05) is 13.0 Å². The van der Waals surface area contributed by atoms with Gasteiger partial charge in [0.2, 0.25) is 0 Å². The third-order valence-electron chi connectivity index (χ3n) is 6.89. The number of carbonyl (C=O) groups excluding carboxylic acids is 3. The zero-order valence-electron chi connectivity index (χ0n) is 24.4. The summed E-state index contributed by atoms with van der Waals surface area (Å²) in [6.07, 6.45) is 0. The number of carbonyl (C=O) groups is 3. The molecule has 0 fully saturated rings. The highest BCUT2D eigenvalue weighted by molar-refractivity contribution is 7.92. The summed E-state index contributed by atoms with van der Waals surface area (Å²) in [6.45, 7) is 1.86. The van der Waals surface area contributed by atoms with Gasteiger partial charge in [-0.2, -0.15) is 0 Å². The zero-order valence-corrected chi connectivity index (χ0v) is 25.2. The van der Waals surface area contributed by atoms with Crippen molar-refractivity contribution in [2.24, 2.45) is 0 Å². The Hall–Kier alpha value is -5.74. The third-order valence-corrected chi connectivity index (χ3v) is 8.29. The van der Waals surface area contributed by atoms with Crippen LogP contribution in [0.4, 0.5) is 17.1 Å². The first-order valence-electron chi connectivity index (χ1n) is 13.8. The Labute approximate surface area is 260 Å². The second kappa shape index (κ2) is 13.3. The Kier molecular flexibility index (Phi) is 9.06. The summed E-state index contributed by atoms with van der Waals surface area (Å²) in [7, 11) is -2.37. The van der Waals surface area contributed by atoms with E-state index < -0.39 is 21.8 Å². The fraction of sp³-hybridized carbons (Fsp3) is 0.0571. The predicted molar refractivity (Wildman–Crippen MR) is 174 cm³/mol. The summed E-state index contributed by atoms with van der Waals surface area (Å²) in [5.74, 6) is -0.720. The van der Waals surface area contributed by atoms with Crippen LogP contribution in [0.1, 0.15) is 42.2 Å². The summed E-state index contributed by atoms with van der Waals surface area (Å²) >= 11 is 0. The Balaban J connectivity index is 1.30. The summed E-state index contributed by atoms with van der Waals surface area (Å²) in [5, 5.41) is 5.58. The second-order valence-electron chi connectivity index (χ2n) is 10.1. The molecule has 0 saturated heterocycles. The van der Waals surface area contributed by atoms with Crippen molar-refractivity contribution in [2.45, 2.75) is 11.8 Å². The average Bonchev–Trinajstić information content (AvgIpc) is 3.06. The first kappa shape index (κ1) is 30.7. The molecule has 45 heavy (non-hydrogen) atoms. The van der Waals surface area contributed by atoms with E-state index >= 15 is 0 Å². The molecule has 0 aliphatic rings. The number of para-hydroxylation sites is 1. The number of nitrogens with one attached hydrogen (secondary N) is 3. The minimum Gasteiger partial charge on any atom is -0.497 e. The third kappa shape index (κ3) is 7.26. The quantitative estimate of drug-likeness (QED) is 0.152. The molecule has 9 nitrogen and oxygen atoms in total. The molecule has 0 radical (unpaired) electrons. The lowest BCUT2D eigenvalue weighted by Crippen LogP contribution is -2.19. The number of ether oxygens (including phenoxy) is 1. The molecule has 0 atom stereocenters. The minimum absolute atomic E-state index is 0.0576. The van der Waals surface area contributed by atoms with Crippen LogP contribution < -0.4 is 20.1 Å². The van der Waals surface area contributed by atoms with Gasteiger partial charge < -0.3 is 15.4 Å². The molecule has 10 heteroatoms. The van der Waals surface area contributed by atoms with E-state index in [1.165, 1.54) is 43.5 Å². The van der Waals surface area contributed by atoms with Crippen LogP contribution in [0.15, 0.2) is 126 Å². The van der Waals surface area contributed by atoms with Crippen LogP contribution in [0.25, 0.3) is 0 Å². The minimum atomic E-state index is -3.86. The number of amides is 2. The molecule has 0 spiro atoms. The van der Waals surface area contributed by atoms with Gasteiger partial charge in [-0.3, -0.25) is 19.1 Å². The predicted octanol–water partition coefficient (Wildman–Crippen LogP) is 6.54. The van der Waals surface area contributed by atoms with E-state index in [-0.39, 0.29) is 33.2 Å². The molecule has 0 saturated carbocycles. The topological polar surface area (TPSA) is 131 Å². The van der Waals surface area contributed by atoms with E-state index in [9.17, 15) is 22.8 Å². The summed E-state index contributed by atoms with van der Waals surface area (Å²) < 4.78 is 33.1. The molecule has 3 N–H and O–H groups in total. The van der Waals surface area contributed by atoms with E-state index in [4.69, 9.17) is 4.74 Å². The molecule has 0 bridgehead atoms. The Morgan fingerprint density at radius 3 is 1.93 bits per heavy atom. The summed E-state index contributed by atoms with van der Waals surface area (Å²) in [5.41, 5.74) is 2.99. The maximum atomic E-state index is 13.4. The number of aryl methyl sites for hydroxylation is 1. The number of rotatable bonds is 10. The van der Waals surface area contributed by atoms with Crippen LogP contribution in [-0.2, 0) is 10.0 Å². The normalized spacial score (nSPS) is 10.9. The maximum absolute atomic E-state index is 13.4. The highest BCUT2D eigenvalue weighted by Crippen LogP contribution is 2.25. The Morgan fingerprint density at radius 1 is 0.622 bits per heavy atom. The fourth-order valence-electron chi connectivity index (χ4n) is 4.53. The van der Waals surface area contributed by atoms with Crippen molar-refractivity contribution >= 4 is 44.7 Å². The highest BCUT2D eigenvalue weighted by Gasteiger charge is 2.19. The number of methoxy groups -OCH3 is 1. The van der Waals surface area contributed by atoms with E-state index in [2.05, 4.69) is 15.4 Å². The van der Waals surface area contributed by atoms with E-state index in [0.29, 0.717) is 22.6 Å². The molecule has 0 aliphatic heterocycles. The van der Waals surface area contributed by atoms with Crippen molar-refractivity contribution < 1.29 is 27.5 Å². The van der Waals surface area contributed by atoms with Gasteiger partial charge >= 0.3 is 0 Å². The van der Waals surface area contributed by atoms with E-state index in [0.717, 1.165) is 5.56 Å². The standard InChI is InChI=1S/C35H29N3O6S/c1-23-12-21-32(30(22-23)33(39)24-8-4-3-5-9-24)37-35(41)29-10-6-7-11-31(29)36-34(40)25-13-15-26(16-14-25)38-45(42,43)28-19-17-27(44-2)18-20-28/h3-22,38H,1-2H3,(H,36,40)(H,37,41). The Bertz CT molecular complexity index is 1980. The molecule has 0 unspecified atom stereocenters. The van der Waals surface area contributed by atoms with Crippen molar-refractivity contribution in [3.8, 4) is 5.75 Å². The van der Waals surface area contributed by atoms with Crippen molar-refractivity contribution in [3.63, 3.8) is 0 Å². The number of hydrogen-bond donors (Lipinski definition) is 3. The number of hydrogen-bond acceptors (Lipinski definition) is 6. The van der Waals surface area contributed by atoms with Crippen molar-refractivity contribution in [3.05, 3.63) is 149 Å². The Morgan fingerprint density at radius 2 is 1.24 bits per heavy atom. The molecule has 5 aromatic rings. The van der Waals surface area contributed by atoms with Crippen LogP contribution >= 0.6 is 0 Å². The summed E-state index contributed by atoms with van der Waals surface area (Å²) in [6, 6.07) is 32.3. The molecule has 226 valence electrons. The molecule has 0 aromatic heterocycles. The number of ketones is 1. The first-order valence-corrected chi connectivity index (χ1v) is 15.3. The smallest absolute Gasteiger partial charge is 0.261 e. The van der Waals surface area contributed by atoms with Gasteiger partial charge in [-0.15, -0.1) is 0 Å². The van der Waals surface area contributed by atoms with Crippen LogP contribution in [0, 0.1) is 6.92 Å². The lowest BCUT2D eigenvalue weighted by Gasteiger charge is -2.14. The van der Waals surface area contributed by atoms with Gasteiger partial charge in [-0.1, -0.05) is 54.1 Å². The molecular weight excluding hydrogens is 590 g/mol. The molecule has 2 amide bonds. The monoisotopic (exact) mass is 619 g/mol. The first-order chi connectivity index (χ1) is 21.6. The maximum Gasteiger partial charge on any atom is 0.261 e. The second-order valence-corrected chi connectivity index (χ2v) is 11.7. The highest BCUT2D eigenvalue weighted by atomic mass is 32.2. The molecular formula is C35H29N3O6S. The van der Waals surface area contributed by atoms with Gasteiger partial charge in [0.25, 0.3) is 21.8 Å². The van der Waals surface area contributed by atoms with Crippen LogP contribution in [0.5, 0.6) is 5.75 Å². The molecule has 0 heterocycles. The van der Waals surface area contributed by atoms with Gasteiger partial charge in [0.15, 0.2) is 5.78 Å². The van der Waals surface area contributed by atoms with Gasteiger partial charge in [-0.05, 0) is 79.7 Å². The largest absolute Gasteiger partial charge is 0.497 e. The number of anilines is 3. The molecule has 5 rings (SSSR count). The lowest BCUT2D eigenvalue weighted by molar-refractivity contribution is 0.102. The van der Waals surface area contributed by atoms with Gasteiger partial charge in [0.05, 0.1) is 28.9 Å². The summed E-state index contributed by atoms with van der Waals surface area (Å²) in [4.78, 5) is 39.9. The molecule has 5 aromatic carbocycles. The van der Waals surface area contributed by atoms with E-state index in [1.54, 1.807) is 78.9 Å². The van der Waals surface area contributed by atoms with Crippen LogP contribution in [0.2, 0.25) is 0 Å². The average molecular weight is 620 g/mol. The lowest BCUT2D eigenvalue weighted by atomic mass is 9.99. The van der Waals surface area contributed by atoms with Crippen LogP contribution in [0.3, 0.4) is 0 Å². The van der Waals surface area contributed by atoms with Crippen molar-refractivity contribution in [2.75, 3.05) is 22.5 Å². The van der Waals surface area contributed by atoms with Crippen LogP contribution in [-0.4, -0.2) is 33.1 Å². The fourth-order valence-corrected chi connectivity index (χ4v) is 5.59.